The Morgan fingerprint density at radius 2 is 1.91 bits per heavy atom. The monoisotopic (exact) mass is 295 g/mol. The summed E-state index contributed by atoms with van der Waals surface area (Å²) in [4.78, 5) is 39.9. The van der Waals surface area contributed by atoms with Crippen molar-refractivity contribution >= 4 is 22.5 Å². The number of rotatable bonds is 2. The first-order chi connectivity index (χ1) is 10.5. The van der Waals surface area contributed by atoms with Gasteiger partial charge in [0.25, 0.3) is 11.5 Å². The highest BCUT2D eigenvalue weighted by Crippen LogP contribution is 2.17. The molecule has 3 aromatic rings. The minimum absolute atomic E-state index is 0.156. The number of pyridine rings is 2. The molecule has 6 heteroatoms. The Morgan fingerprint density at radius 1 is 1.09 bits per heavy atom. The SMILES string of the molecule is Cc1cc2ccc(NC(=O)c3ccc(=O)[nH]c3)cc2[nH]c1=O. The van der Waals surface area contributed by atoms with E-state index in [1.54, 1.807) is 25.1 Å². The van der Waals surface area contributed by atoms with E-state index in [1.165, 1.54) is 18.3 Å². The summed E-state index contributed by atoms with van der Waals surface area (Å²) >= 11 is 0. The molecule has 0 saturated heterocycles. The third-order valence-electron chi connectivity index (χ3n) is 3.34. The summed E-state index contributed by atoms with van der Waals surface area (Å²) < 4.78 is 0. The molecule has 0 aliphatic carbocycles. The summed E-state index contributed by atoms with van der Waals surface area (Å²) in [6.45, 7) is 1.74. The van der Waals surface area contributed by atoms with Crippen LogP contribution < -0.4 is 16.4 Å². The van der Waals surface area contributed by atoms with Crippen LogP contribution >= 0.6 is 0 Å². The quantitative estimate of drug-likeness (QED) is 0.672. The number of aromatic amines is 2. The van der Waals surface area contributed by atoms with E-state index in [2.05, 4.69) is 15.3 Å². The van der Waals surface area contributed by atoms with Gasteiger partial charge in [-0.2, -0.15) is 0 Å². The van der Waals surface area contributed by atoms with Crippen LogP contribution in [0.3, 0.4) is 0 Å². The number of carbonyl (C=O) groups is 1. The van der Waals surface area contributed by atoms with E-state index in [4.69, 9.17) is 0 Å². The summed E-state index contributed by atoms with van der Waals surface area (Å²) in [6.07, 6.45) is 1.35. The predicted octanol–water partition coefficient (Wildman–Crippen LogP) is 1.78. The number of H-pyrrole nitrogens is 2. The van der Waals surface area contributed by atoms with Gasteiger partial charge in [-0.15, -0.1) is 0 Å². The number of anilines is 1. The molecule has 0 aliphatic heterocycles. The molecule has 0 aliphatic rings. The average molecular weight is 295 g/mol. The molecular formula is C16H13N3O3. The number of carbonyl (C=O) groups excluding carboxylic acids is 1. The second-order valence-corrected chi connectivity index (χ2v) is 4.98. The zero-order chi connectivity index (χ0) is 15.7. The third-order valence-corrected chi connectivity index (χ3v) is 3.34. The number of fused-ring (bicyclic) bond motifs is 1. The van der Waals surface area contributed by atoms with Crippen LogP contribution in [0.25, 0.3) is 10.9 Å². The molecule has 0 unspecified atom stereocenters. The molecule has 0 atom stereocenters. The van der Waals surface area contributed by atoms with Gasteiger partial charge in [-0.1, -0.05) is 6.07 Å². The fourth-order valence-electron chi connectivity index (χ4n) is 2.14. The zero-order valence-electron chi connectivity index (χ0n) is 11.8. The Morgan fingerprint density at radius 3 is 2.64 bits per heavy atom. The fourth-order valence-corrected chi connectivity index (χ4v) is 2.14. The van der Waals surface area contributed by atoms with Gasteiger partial charge in [0.2, 0.25) is 5.56 Å². The molecule has 0 spiro atoms. The zero-order valence-corrected chi connectivity index (χ0v) is 11.8. The second-order valence-electron chi connectivity index (χ2n) is 4.98. The van der Waals surface area contributed by atoms with Crippen LogP contribution in [-0.4, -0.2) is 15.9 Å². The standard InChI is InChI=1S/C16H13N3O3/c1-9-6-10-2-4-12(7-13(10)19-15(9)21)18-16(22)11-3-5-14(20)17-8-11/h2-8H,1H3,(H,17,20)(H,18,22)(H,19,21). The molecule has 0 saturated carbocycles. The first-order valence-electron chi connectivity index (χ1n) is 6.67. The lowest BCUT2D eigenvalue weighted by atomic mass is 10.1. The van der Waals surface area contributed by atoms with Gasteiger partial charge in [0.1, 0.15) is 0 Å². The van der Waals surface area contributed by atoms with Crippen molar-refractivity contribution in [3.8, 4) is 0 Å². The Balaban J connectivity index is 1.92. The highest BCUT2D eigenvalue weighted by Gasteiger charge is 2.07. The molecule has 1 aromatic carbocycles. The Bertz CT molecular complexity index is 965. The maximum Gasteiger partial charge on any atom is 0.257 e. The summed E-state index contributed by atoms with van der Waals surface area (Å²) in [5, 5.41) is 3.61. The number of aryl methyl sites for hydroxylation is 1. The summed E-state index contributed by atoms with van der Waals surface area (Å²) in [5.41, 5.74) is 1.76. The molecule has 0 radical (unpaired) electrons. The number of benzene rings is 1. The van der Waals surface area contributed by atoms with Gasteiger partial charge in [0, 0.05) is 23.5 Å². The molecule has 22 heavy (non-hydrogen) atoms. The first-order valence-corrected chi connectivity index (χ1v) is 6.67. The molecule has 3 N–H and O–H groups in total. The summed E-state index contributed by atoms with van der Waals surface area (Å²) in [6, 6.07) is 9.79. The van der Waals surface area contributed by atoms with Crippen molar-refractivity contribution in [3.63, 3.8) is 0 Å². The number of hydrogen-bond donors (Lipinski definition) is 3. The van der Waals surface area contributed by atoms with Crippen molar-refractivity contribution in [3.05, 3.63) is 74.4 Å². The van der Waals surface area contributed by atoms with E-state index in [1.807, 2.05) is 6.07 Å². The number of hydrogen-bond acceptors (Lipinski definition) is 3. The predicted molar refractivity (Wildman–Crippen MR) is 84.3 cm³/mol. The minimum Gasteiger partial charge on any atom is -0.328 e. The Labute approximate surface area is 124 Å². The number of amides is 1. The minimum atomic E-state index is -0.343. The molecule has 0 fully saturated rings. The Hall–Kier alpha value is -3.15. The van der Waals surface area contributed by atoms with Crippen molar-refractivity contribution in [2.24, 2.45) is 0 Å². The maximum absolute atomic E-state index is 12.1. The van der Waals surface area contributed by atoms with Crippen LogP contribution in [0.4, 0.5) is 5.69 Å². The molecule has 2 aromatic heterocycles. The lowest BCUT2D eigenvalue weighted by Gasteiger charge is -2.07. The van der Waals surface area contributed by atoms with E-state index in [9.17, 15) is 14.4 Å². The molecule has 2 heterocycles. The smallest absolute Gasteiger partial charge is 0.257 e. The van der Waals surface area contributed by atoms with E-state index < -0.39 is 0 Å². The van der Waals surface area contributed by atoms with E-state index >= 15 is 0 Å². The van der Waals surface area contributed by atoms with Crippen LogP contribution in [0, 0.1) is 6.92 Å². The van der Waals surface area contributed by atoms with Crippen LogP contribution in [-0.2, 0) is 0 Å². The first kappa shape index (κ1) is 13.8. The number of nitrogens with one attached hydrogen (secondary N) is 3. The highest BCUT2D eigenvalue weighted by molar-refractivity contribution is 6.04. The summed E-state index contributed by atoms with van der Waals surface area (Å²) in [5.74, 6) is -0.343. The lowest BCUT2D eigenvalue weighted by molar-refractivity contribution is 0.102. The van der Waals surface area contributed by atoms with Gasteiger partial charge in [-0.3, -0.25) is 14.4 Å². The van der Waals surface area contributed by atoms with Crippen molar-refractivity contribution in [1.29, 1.82) is 0 Å². The second kappa shape index (κ2) is 5.33. The normalized spacial score (nSPS) is 10.6. The topological polar surface area (TPSA) is 94.8 Å². The molecule has 1 amide bonds. The molecular weight excluding hydrogens is 282 g/mol. The Kier molecular flexibility index (Phi) is 3.34. The molecule has 0 bridgehead atoms. The van der Waals surface area contributed by atoms with Gasteiger partial charge in [-0.05, 0) is 36.6 Å². The van der Waals surface area contributed by atoms with Crippen LogP contribution in [0.5, 0.6) is 0 Å². The lowest BCUT2D eigenvalue weighted by Crippen LogP contribution is -2.14. The molecule has 110 valence electrons. The largest absolute Gasteiger partial charge is 0.328 e. The highest BCUT2D eigenvalue weighted by atomic mass is 16.2. The van der Waals surface area contributed by atoms with E-state index in [0.29, 0.717) is 22.3 Å². The van der Waals surface area contributed by atoms with Crippen molar-refractivity contribution in [2.45, 2.75) is 6.92 Å². The number of aromatic nitrogens is 2. The van der Waals surface area contributed by atoms with Crippen molar-refractivity contribution in [2.75, 3.05) is 5.32 Å². The van der Waals surface area contributed by atoms with Gasteiger partial charge >= 0.3 is 0 Å². The van der Waals surface area contributed by atoms with Crippen LogP contribution in [0.1, 0.15) is 15.9 Å². The molecule has 6 nitrogen and oxygen atoms in total. The maximum atomic E-state index is 12.1. The van der Waals surface area contributed by atoms with Crippen LogP contribution in [0.2, 0.25) is 0 Å². The third kappa shape index (κ3) is 2.67. The van der Waals surface area contributed by atoms with Crippen LogP contribution in [0.15, 0.2) is 52.2 Å². The van der Waals surface area contributed by atoms with Crippen molar-refractivity contribution < 1.29 is 4.79 Å². The molecule has 3 rings (SSSR count). The van der Waals surface area contributed by atoms with Gasteiger partial charge in [0.15, 0.2) is 0 Å². The van der Waals surface area contributed by atoms with E-state index in [-0.39, 0.29) is 17.0 Å². The van der Waals surface area contributed by atoms with Gasteiger partial charge in [0.05, 0.1) is 11.1 Å². The fraction of sp³-hybridized carbons (Fsp3) is 0.0625. The van der Waals surface area contributed by atoms with Gasteiger partial charge in [-0.25, -0.2) is 0 Å². The van der Waals surface area contributed by atoms with Crippen molar-refractivity contribution in [1.82, 2.24) is 9.97 Å². The average Bonchev–Trinajstić information content (AvgIpc) is 2.49. The summed E-state index contributed by atoms with van der Waals surface area (Å²) in [7, 11) is 0. The van der Waals surface area contributed by atoms with E-state index in [0.717, 1.165) is 5.39 Å². The van der Waals surface area contributed by atoms with Gasteiger partial charge < -0.3 is 15.3 Å².